The fourth-order valence-electron chi connectivity index (χ4n) is 2.44. The summed E-state index contributed by atoms with van der Waals surface area (Å²) in [5.74, 6) is 0.440. The third-order valence-corrected chi connectivity index (χ3v) is 3.67. The molecule has 0 saturated carbocycles. The summed E-state index contributed by atoms with van der Waals surface area (Å²) in [6, 6.07) is 16.7. The van der Waals surface area contributed by atoms with Crippen LogP contribution < -0.4 is 4.74 Å². The number of ether oxygens (including phenoxy) is 1. The lowest BCUT2D eigenvalue weighted by Gasteiger charge is -2.04. The zero-order chi connectivity index (χ0) is 17.6. The summed E-state index contributed by atoms with van der Waals surface area (Å²) in [5.41, 5.74) is 2.03. The minimum absolute atomic E-state index is 0.0653. The number of non-ortho nitro benzene ring substituents is 1. The number of nitro benzene ring substituents is 1. The Hall–Kier alpha value is -3.47. The number of methoxy groups -OCH3 is 1. The lowest BCUT2D eigenvalue weighted by molar-refractivity contribution is -0.383. The van der Waals surface area contributed by atoms with Crippen molar-refractivity contribution in [3.05, 3.63) is 88.1 Å². The summed E-state index contributed by atoms with van der Waals surface area (Å²) in [7, 11) is 1.48. The van der Waals surface area contributed by atoms with Gasteiger partial charge in [0.25, 0.3) is 5.69 Å². The molecule has 3 rings (SSSR count). The number of benzene rings is 2. The Labute approximate surface area is 145 Å². The van der Waals surface area contributed by atoms with E-state index in [0.717, 1.165) is 5.56 Å². The van der Waals surface area contributed by atoms with E-state index < -0.39 is 4.92 Å². The molecule has 2 aromatic carbocycles. The van der Waals surface area contributed by atoms with Gasteiger partial charge in [-0.1, -0.05) is 54.6 Å². The highest BCUT2D eigenvalue weighted by Gasteiger charge is 2.15. The Kier molecular flexibility index (Phi) is 4.85. The molecule has 1 heterocycles. The van der Waals surface area contributed by atoms with Crippen molar-refractivity contribution in [1.82, 2.24) is 4.98 Å². The van der Waals surface area contributed by atoms with Crippen molar-refractivity contribution >= 4 is 28.7 Å². The molecule has 0 bridgehead atoms. The van der Waals surface area contributed by atoms with Gasteiger partial charge in [0.15, 0.2) is 0 Å². The third kappa shape index (κ3) is 3.90. The summed E-state index contributed by atoms with van der Waals surface area (Å²) < 4.78 is 5.11. The molecule has 3 aromatic rings. The average molecular weight is 332 g/mol. The summed E-state index contributed by atoms with van der Waals surface area (Å²) in [6.45, 7) is 0. The molecule has 0 N–H and O–H groups in total. The maximum Gasteiger partial charge on any atom is 0.299 e. The number of rotatable bonds is 5. The van der Waals surface area contributed by atoms with E-state index >= 15 is 0 Å². The second-order valence-electron chi connectivity index (χ2n) is 5.34. The molecular weight excluding hydrogens is 316 g/mol. The molecule has 0 fully saturated rings. The Balaban J connectivity index is 1.90. The van der Waals surface area contributed by atoms with Gasteiger partial charge in [0.2, 0.25) is 0 Å². The van der Waals surface area contributed by atoms with Gasteiger partial charge in [-0.05, 0) is 23.8 Å². The number of hydrogen-bond acceptors (Lipinski definition) is 4. The lowest BCUT2D eigenvalue weighted by atomic mass is 10.1. The van der Waals surface area contributed by atoms with Crippen molar-refractivity contribution in [2.75, 3.05) is 7.11 Å². The van der Waals surface area contributed by atoms with Gasteiger partial charge in [-0.25, -0.2) is 4.98 Å². The largest absolute Gasteiger partial charge is 0.496 e. The molecule has 0 atom stereocenters. The third-order valence-electron chi connectivity index (χ3n) is 3.67. The molecule has 0 aliphatic rings. The van der Waals surface area contributed by atoms with Crippen molar-refractivity contribution < 1.29 is 9.66 Å². The molecule has 124 valence electrons. The maximum atomic E-state index is 11.3. The molecular formula is C20H16N2O3. The number of fused-ring (bicyclic) bond motifs is 1. The number of hydrogen-bond donors (Lipinski definition) is 0. The Morgan fingerprint density at radius 1 is 1.04 bits per heavy atom. The Morgan fingerprint density at radius 2 is 1.80 bits per heavy atom. The predicted molar refractivity (Wildman–Crippen MR) is 99.5 cm³/mol. The summed E-state index contributed by atoms with van der Waals surface area (Å²) >= 11 is 0. The molecule has 1 aromatic heterocycles. The van der Waals surface area contributed by atoms with E-state index in [4.69, 9.17) is 4.74 Å². The minimum atomic E-state index is -0.444. The van der Waals surface area contributed by atoms with Crippen molar-refractivity contribution in [3.63, 3.8) is 0 Å². The molecule has 0 aliphatic heterocycles. The monoisotopic (exact) mass is 332 g/mol. The number of pyridine rings is 1. The first-order valence-electron chi connectivity index (χ1n) is 7.70. The van der Waals surface area contributed by atoms with Crippen molar-refractivity contribution in [2.45, 2.75) is 0 Å². The van der Waals surface area contributed by atoms with Gasteiger partial charge in [-0.2, -0.15) is 0 Å². The SMILES string of the molecule is COc1cc([N+](=O)[O-])c2nc(/C=C/C=C/c3ccccc3)ccc2c1. The molecule has 25 heavy (non-hydrogen) atoms. The van der Waals surface area contributed by atoms with E-state index in [0.29, 0.717) is 22.3 Å². The van der Waals surface area contributed by atoms with Crippen molar-refractivity contribution in [1.29, 1.82) is 0 Å². The number of nitro groups is 1. The molecule has 0 spiro atoms. The summed E-state index contributed by atoms with van der Waals surface area (Å²) in [4.78, 5) is 15.2. The van der Waals surface area contributed by atoms with Gasteiger partial charge < -0.3 is 4.74 Å². The summed E-state index contributed by atoms with van der Waals surface area (Å²) in [6.07, 6.45) is 7.55. The molecule has 0 aliphatic carbocycles. The fourth-order valence-corrected chi connectivity index (χ4v) is 2.44. The first kappa shape index (κ1) is 16.4. The molecule has 0 unspecified atom stereocenters. The van der Waals surface area contributed by atoms with Crippen LogP contribution >= 0.6 is 0 Å². The van der Waals surface area contributed by atoms with Crippen LogP contribution in [0.4, 0.5) is 5.69 Å². The van der Waals surface area contributed by atoms with Crippen LogP contribution in [0.25, 0.3) is 23.1 Å². The van der Waals surface area contributed by atoms with Crippen molar-refractivity contribution in [3.8, 4) is 5.75 Å². The second kappa shape index (κ2) is 7.40. The Morgan fingerprint density at radius 3 is 2.52 bits per heavy atom. The van der Waals surface area contributed by atoms with Crippen LogP contribution in [0.5, 0.6) is 5.75 Å². The highest BCUT2D eigenvalue weighted by Crippen LogP contribution is 2.29. The highest BCUT2D eigenvalue weighted by molar-refractivity contribution is 5.89. The standard InChI is InChI=1S/C20H16N2O3/c1-25-18-13-16-11-12-17(21-20(16)19(14-18)22(23)24)10-6-5-9-15-7-3-2-4-8-15/h2-14H,1H3/b9-5+,10-6+. The van der Waals surface area contributed by atoms with Crippen LogP contribution in [0.3, 0.4) is 0 Å². The average Bonchev–Trinajstić information content (AvgIpc) is 2.65. The second-order valence-corrected chi connectivity index (χ2v) is 5.34. The zero-order valence-electron chi connectivity index (χ0n) is 13.6. The van der Waals surface area contributed by atoms with Crippen LogP contribution in [0, 0.1) is 10.1 Å². The highest BCUT2D eigenvalue weighted by atomic mass is 16.6. The van der Waals surface area contributed by atoms with E-state index in [2.05, 4.69) is 4.98 Å². The Bertz CT molecular complexity index is 963. The minimum Gasteiger partial charge on any atom is -0.496 e. The van der Waals surface area contributed by atoms with Crippen LogP contribution in [0.1, 0.15) is 11.3 Å². The number of allylic oxidation sites excluding steroid dienone is 2. The first-order valence-corrected chi connectivity index (χ1v) is 7.70. The zero-order valence-corrected chi connectivity index (χ0v) is 13.6. The molecule has 0 radical (unpaired) electrons. The first-order chi connectivity index (χ1) is 12.2. The van der Waals surface area contributed by atoms with E-state index in [9.17, 15) is 10.1 Å². The quantitative estimate of drug-likeness (QED) is 0.379. The fraction of sp³-hybridized carbons (Fsp3) is 0.0500. The molecule has 0 saturated heterocycles. The molecule has 5 nitrogen and oxygen atoms in total. The van der Waals surface area contributed by atoms with Gasteiger partial charge in [-0.3, -0.25) is 10.1 Å². The smallest absolute Gasteiger partial charge is 0.299 e. The predicted octanol–water partition coefficient (Wildman–Crippen LogP) is 4.88. The van der Waals surface area contributed by atoms with E-state index in [1.54, 1.807) is 12.1 Å². The summed E-state index contributed by atoms with van der Waals surface area (Å²) in [5, 5.41) is 12.0. The normalized spacial score (nSPS) is 11.4. The van der Waals surface area contributed by atoms with Crippen LogP contribution in [-0.4, -0.2) is 17.0 Å². The van der Waals surface area contributed by atoms with Gasteiger partial charge >= 0.3 is 0 Å². The van der Waals surface area contributed by atoms with Gasteiger partial charge in [0.05, 0.1) is 23.8 Å². The maximum absolute atomic E-state index is 11.3. The number of aromatic nitrogens is 1. The van der Waals surface area contributed by atoms with E-state index in [1.165, 1.54) is 13.2 Å². The lowest BCUT2D eigenvalue weighted by Crippen LogP contribution is -1.94. The molecule has 5 heteroatoms. The van der Waals surface area contributed by atoms with Gasteiger partial charge in [0.1, 0.15) is 11.3 Å². The number of nitrogens with zero attached hydrogens (tertiary/aromatic N) is 2. The van der Waals surface area contributed by atoms with Crippen LogP contribution in [0.2, 0.25) is 0 Å². The topological polar surface area (TPSA) is 65.3 Å². The van der Waals surface area contributed by atoms with E-state index in [1.807, 2.05) is 60.7 Å². The van der Waals surface area contributed by atoms with Gasteiger partial charge in [-0.15, -0.1) is 0 Å². The van der Waals surface area contributed by atoms with Crippen LogP contribution in [-0.2, 0) is 0 Å². The van der Waals surface area contributed by atoms with Gasteiger partial charge in [0, 0.05) is 5.39 Å². The van der Waals surface area contributed by atoms with Crippen LogP contribution in [0.15, 0.2) is 66.7 Å². The molecule has 0 amide bonds. The van der Waals surface area contributed by atoms with Crippen molar-refractivity contribution in [2.24, 2.45) is 0 Å². The van der Waals surface area contributed by atoms with E-state index in [-0.39, 0.29) is 5.69 Å².